The Hall–Kier alpha value is -3.48. The molecule has 0 spiro atoms. The number of imidazole rings is 2. The van der Waals surface area contributed by atoms with Gasteiger partial charge in [0.25, 0.3) is 5.91 Å². The first kappa shape index (κ1) is 17.9. The summed E-state index contributed by atoms with van der Waals surface area (Å²) in [4.78, 5) is 26.1. The summed E-state index contributed by atoms with van der Waals surface area (Å²) >= 11 is 0. The Morgan fingerprint density at radius 2 is 1.93 bits per heavy atom. The largest absolute Gasteiger partial charge is 0.347 e. The minimum atomic E-state index is -0.216. The fraction of sp³-hybridized carbons (Fsp3) is 0.238. The molecular formula is C21H22N6O. The number of carbonyl (C=O) groups is 1. The normalized spacial score (nSPS) is 11.3. The minimum Gasteiger partial charge on any atom is -0.347 e. The van der Waals surface area contributed by atoms with Gasteiger partial charge in [-0.3, -0.25) is 14.2 Å². The van der Waals surface area contributed by atoms with Gasteiger partial charge in [-0.05, 0) is 50.6 Å². The summed E-state index contributed by atoms with van der Waals surface area (Å²) < 4.78 is 4.01. The number of pyridine rings is 2. The zero-order valence-electron chi connectivity index (χ0n) is 16.1. The second-order valence-electron chi connectivity index (χ2n) is 6.95. The Morgan fingerprint density at radius 3 is 2.64 bits per heavy atom. The third-order valence-electron chi connectivity index (χ3n) is 4.67. The molecule has 0 aliphatic heterocycles. The van der Waals surface area contributed by atoms with Crippen molar-refractivity contribution in [1.82, 2.24) is 29.2 Å². The molecule has 4 aromatic heterocycles. The fourth-order valence-electron chi connectivity index (χ4n) is 3.27. The van der Waals surface area contributed by atoms with Crippen LogP contribution in [0.4, 0.5) is 0 Å². The molecule has 0 aliphatic carbocycles. The highest BCUT2D eigenvalue weighted by atomic mass is 16.1. The Kier molecular flexibility index (Phi) is 4.65. The maximum Gasteiger partial charge on any atom is 0.272 e. The Labute approximate surface area is 163 Å². The van der Waals surface area contributed by atoms with Crippen LogP contribution < -0.4 is 5.32 Å². The Morgan fingerprint density at radius 1 is 1.14 bits per heavy atom. The molecule has 0 fully saturated rings. The van der Waals surface area contributed by atoms with E-state index in [1.165, 1.54) is 0 Å². The molecule has 7 heteroatoms. The number of hydrogen-bond donors (Lipinski definition) is 1. The van der Waals surface area contributed by atoms with E-state index in [0.717, 1.165) is 22.6 Å². The van der Waals surface area contributed by atoms with Gasteiger partial charge >= 0.3 is 0 Å². The molecule has 0 aromatic carbocycles. The van der Waals surface area contributed by atoms with Gasteiger partial charge in [-0.1, -0.05) is 6.07 Å². The Bertz CT molecular complexity index is 1130. The molecule has 1 N–H and O–H groups in total. The predicted octanol–water partition coefficient (Wildman–Crippen LogP) is 3.41. The topological polar surface area (TPSA) is 77.1 Å². The first-order valence-electron chi connectivity index (χ1n) is 9.24. The lowest BCUT2D eigenvalue weighted by atomic mass is 10.2. The summed E-state index contributed by atoms with van der Waals surface area (Å²) in [5.41, 5.74) is 2.88. The molecule has 0 radical (unpaired) electrons. The van der Waals surface area contributed by atoms with Crippen molar-refractivity contribution >= 4 is 11.4 Å². The van der Waals surface area contributed by atoms with E-state index in [-0.39, 0.29) is 5.91 Å². The molecule has 0 unspecified atom stereocenters. The molecule has 7 nitrogen and oxygen atoms in total. The van der Waals surface area contributed by atoms with E-state index < -0.39 is 0 Å². The third-order valence-corrected chi connectivity index (χ3v) is 4.67. The van der Waals surface area contributed by atoms with Crippen molar-refractivity contribution in [2.45, 2.75) is 33.4 Å². The number of amides is 1. The van der Waals surface area contributed by atoms with Crippen LogP contribution in [-0.4, -0.2) is 29.8 Å². The van der Waals surface area contributed by atoms with Crippen molar-refractivity contribution in [3.63, 3.8) is 0 Å². The highest BCUT2D eigenvalue weighted by Crippen LogP contribution is 2.24. The molecule has 0 bridgehead atoms. The lowest BCUT2D eigenvalue weighted by Gasteiger charge is -2.07. The van der Waals surface area contributed by atoms with Crippen molar-refractivity contribution in [3.05, 3.63) is 72.2 Å². The zero-order valence-corrected chi connectivity index (χ0v) is 16.1. The van der Waals surface area contributed by atoms with Crippen LogP contribution in [-0.2, 0) is 6.54 Å². The van der Waals surface area contributed by atoms with Crippen LogP contribution in [0, 0.1) is 6.92 Å². The molecule has 4 aromatic rings. The number of aromatic nitrogens is 5. The number of hydrogen-bond acceptors (Lipinski definition) is 4. The number of fused-ring (bicyclic) bond motifs is 1. The van der Waals surface area contributed by atoms with Crippen LogP contribution in [0.15, 0.2) is 55.1 Å². The van der Waals surface area contributed by atoms with E-state index in [1.54, 1.807) is 12.4 Å². The first-order valence-corrected chi connectivity index (χ1v) is 9.24. The van der Waals surface area contributed by atoms with Crippen molar-refractivity contribution in [2.75, 3.05) is 0 Å². The van der Waals surface area contributed by atoms with E-state index >= 15 is 0 Å². The third kappa shape index (κ3) is 3.26. The number of rotatable bonds is 5. The molecule has 4 rings (SSSR count). The maximum atomic E-state index is 12.8. The summed E-state index contributed by atoms with van der Waals surface area (Å²) in [6.45, 7) is 6.62. The van der Waals surface area contributed by atoms with E-state index in [2.05, 4.69) is 38.7 Å². The van der Waals surface area contributed by atoms with Gasteiger partial charge in [0.1, 0.15) is 11.5 Å². The highest BCUT2D eigenvalue weighted by Gasteiger charge is 2.20. The van der Waals surface area contributed by atoms with E-state index in [1.807, 2.05) is 54.0 Å². The first-order chi connectivity index (χ1) is 13.5. The zero-order chi connectivity index (χ0) is 19.7. The average Bonchev–Trinajstić information content (AvgIpc) is 3.28. The highest BCUT2D eigenvalue weighted by molar-refractivity contribution is 5.99. The summed E-state index contributed by atoms with van der Waals surface area (Å²) in [7, 11) is 0. The fourth-order valence-corrected chi connectivity index (χ4v) is 3.27. The van der Waals surface area contributed by atoms with Gasteiger partial charge in [-0.2, -0.15) is 0 Å². The van der Waals surface area contributed by atoms with E-state index in [0.29, 0.717) is 24.1 Å². The van der Waals surface area contributed by atoms with Gasteiger partial charge in [0.15, 0.2) is 11.5 Å². The molecule has 142 valence electrons. The Balaban J connectivity index is 1.70. The van der Waals surface area contributed by atoms with E-state index in [9.17, 15) is 4.79 Å². The molecule has 0 aliphatic rings. The van der Waals surface area contributed by atoms with Crippen LogP contribution in [0.3, 0.4) is 0 Å². The van der Waals surface area contributed by atoms with Gasteiger partial charge < -0.3 is 9.88 Å². The lowest BCUT2D eigenvalue weighted by molar-refractivity contribution is 0.0948. The summed E-state index contributed by atoms with van der Waals surface area (Å²) in [5, 5.41) is 2.94. The second kappa shape index (κ2) is 7.26. The van der Waals surface area contributed by atoms with Crippen LogP contribution in [0.2, 0.25) is 0 Å². The summed E-state index contributed by atoms with van der Waals surface area (Å²) in [6, 6.07) is 9.76. The predicted molar refractivity (Wildman–Crippen MR) is 107 cm³/mol. The quantitative estimate of drug-likeness (QED) is 0.581. The van der Waals surface area contributed by atoms with Crippen molar-refractivity contribution in [3.8, 4) is 11.5 Å². The van der Waals surface area contributed by atoms with Gasteiger partial charge in [0, 0.05) is 37.4 Å². The lowest BCUT2D eigenvalue weighted by Crippen LogP contribution is -2.23. The van der Waals surface area contributed by atoms with E-state index in [4.69, 9.17) is 0 Å². The molecule has 0 saturated carbocycles. The van der Waals surface area contributed by atoms with Crippen LogP contribution in [0.1, 0.15) is 41.8 Å². The maximum absolute atomic E-state index is 12.8. The number of aryl methyl sites for hydroxylation is 1. The van der Waals surface area contributed by atoms with Gasteiger partial charge in [0.2, 0.25) is 0 Å². The summed E-state index contributed by atoms with van der Waals surface area (Å²) in [6.07, 6.45) is 7.31. The monoisotopic (exact) mass is 374 g/mol. The number of nitrogens with one attached hydrogen (secondary N) is 1. The molecule has 4 heterocycles. The average molecular weight is 374 g/mol. The number of nitrogens with zero attached hydrogens (tertiary/aromatic N) is 5. The summed E-state index contributed by atoms with van der Waals surface area (Å²) in [5.74, 6) is 1.36. The number of carbonyl (C=O) groups excluding carboxylic acids is 1. The standard InChI is InChI=1S/C21H22N6O/c1-14(2)27-13-17(24-15(27)3)20-25-19(18-6-4-5-11-26(18)20)21(28)23-12-16-7-9-22-10-8-16/h4-11,13-14H,12H2,1-3H3,(H,23,28). The van der Waals surface area contributed by atoms with Gasteiger partial charge in [0.05, 0.1) is 5.52 Å². The molecule has 0 atom stereocenters. The van der Waals surface area contributed by atoms with Gasteiger partial charge in [-0.25, -0.2) is 9.97 Å². The van der Waals surface area contributed by atoms with Crippen LogP contribution in [0.25, 0.3) is 17.0 Å². The molecule has 1 amide bonds. The SMILES string of the molecule is Cc1nc(-c2nc(C(=O)NCc3ccncc3)c3ccccn23)cn1C(C)C. The molecular weight excluding hydrogens is 352 g/mol. The van der Waals surface area contributed by atoms with Crippen LogP contribution >= 0.6 is 0 Å². The van der Waals surface area contributed by atoms with Crippen molar-refractivity contribution < 1.29 is 4.79 Å². The van der Waals surface area contributed by atoms with Gasteiger partial charge in [-0.15, -0.1) is 0 Å². The molecule has 28 heavy (non-hydrogen) atoms. The van der Waals surface area contributed by atoms with Crippen molar-refractivity contribution in [2.24, 2.45) is 0 Å². The molecule has 0 saturated heterocycles. The second-order valence-corrected chi connectivity index (χ2v) is 6.95. The van der Waals surface area contributed by atoms with Crippen molar-refractivity contribution in [1.29, 1.82) is 0 Å². The minimum absolute atomic E-state index is 0.216. The van der Waals surface area contributed by atoms with Crippen LogP contribution in [0.5, 0.6) is 0 Å². The smallest absolute Gasteiger partial charge is 0.272 e.